The first-order valence-electron chi connectivity index (χ1n) is 5.83. The number of rotatable bonds is 7. The van der Waals surface area contributed by atoms with E-state index in [2.05, 4.69) is 10.6 Å². The van der Waals surface area contributed by atoms with Crippen molar-refractivity contribution < 1.29 is 25.5 Å². The summed E-state index contributed by atoms with van der Waals surface area (Å²) in [4.78, 5) is 0. The van der Waals surface area contributed by atoms with E-state index in [1.807, 2.05) is 0 Å². The van der Waals surface area contributed by atoms with E-state index in [-0.39, 0.29) is 12.6 Å². The van der Waals surface area contributed by atoms with Gasteiger partial charge in [0.2, 0.25) is 0 Å². The van der Waals surface area contributed by atoms with Crippen molar-refractivity contribution in [2.45, 2.75) is 36.9 Å². The molecule has 1 heterocycles. The second-order valence-electron chi connectivity index (χ2n) is 4.40. The molecule has 1 aliphatic rings. The second kappa shape index (κ2) is 7.22. The number of hydrogen-bond acceptors (Lipinski definition) is 7. The first-order valence-corrected chi connectivity index (χ1v) is 5.83. The summed E-state index contributed by atoms with van der Waals surface area (Å²) in [5.74, 6) is 0. The van der Waals surface area contributed by atoms with Crippen molar-refractivity contribution in [3.63, 3.8) is 0 Å². The highest BCUT2D eigenvalue weighted by atomic mass is 16.4. The molecule has 0 amide bonds. The molecular weight excluding hydrogens is 228 g/mol. The number of aliphatic hydroxyl groups is 5. The van der Waals surface area contributed by atoms with E-state index >= 15 is 0 Å². The van der Waals surface area contributed by atoms with E-state index in [0.29, 0.717) is 0 Å². The molecule has 5 atom stereocenters. The lowest BCUT2D eigenvalue weighted by Crippen LogP contribution is -2.50. The summed E-state index contributed by atoms with van der Waals surface area (Å²) in [6, 6.07) is 0.247. The van der Waals surface area contributed by atoms with Gasteiger partial charge in [0, 0.05) is 19.1 Å². The minimum absolute atomic E-state index is 0.128. The summed E-state index contributed by atoms with van der Waals surface area (Å²) >= 11 is 0. The van der Waals surface area contributed by atoms with Crippen molar-refractivity contribution in [3.05, 3.63) is 0 Å². The van der Waals surface area contributed by atoms with Gasteiger partial charge < -0.3 is 36.2 Å². The molecule has 102 valence electrons. The van der Waals surface area contributed by atoms with Crippen molar-refractivity contribution in [2.75, 3.05) is 26.2 Å². The SMILES string of the molecule is OC[C@H](O)[C@H](O)[C@@H](O)[C@@H](O)CNC1CCNC1. The zero-order chi connectivity index (χ0) is 12.8. The first kappa shape index (κ1) is 14.8. The Morgan fingerprint density at radius 1 is 1.12 bits per heavy atom. The molecule has 7 nitrogen and oxygen atoms in total. The van der Waals surface area contributed by atoms with Gasteiger partial charge >= 0.3 is 0 Å². The molecule has 1 saturated heterocycles. The van der Waals surface area contributed by atoms with Gasteiger partial charge in [0.05, 0.1) is 12.7 Å². The third-order valence-electron chi connectivity index (χ3n) is 3.00. The zero-order valence-corrected chi connectivity index (χ0v) is 9.66. The monoisotopic (exact) mass is 250 g/mol. The van der Waals surface area contributed by atoms with Crippen LogP contribution in [0.2, 0.25) is 0 Å². The Labute approximate surface area is 100 Å². The zero-order valence-electron chi connectivity index (χ0n) is 9.66. The fourth-order valence-corrected chi connectivity index (χ4v) is 1.80. The van der Waals surface area contributed by atoms with Crippen molar-refractivity contribution >= 4 is 0 Å². The van der Waals surface area contributed by atoms with Gasteiger partial charge in [0.25, 0.3) is 0 Å². The van der Waals surface area contributed by atoms with Crippen LogP contribution in [0.15, 0.2) is 0 Å². The Kier molecular flexibility index (Phi) is 6.28. The maximum atomic E-state index is 9.61. The van der Waals surface area contributed by atoms with Gasteiger partial charge in [-0.05, 0) is 13.0 Å². The Bertz CT molecular complexity index is 213. The summed E-state index contributed by atoms with van der Waals surface area (Å²) in [6.07, 6.45) is -4.73. The number of nitrogens with one attached hydrogen (secondary N) is 2. The number of hydrogen-bond donors (Lipinski definition) is 7. The average Bonchev–Trinajstić information content (AvgIpc) is 2.86. The molecule has 0 spiro atoms. The predicted molar refractivity (Wildman–Crippen MR) is 60.4 cm³/mol. The van der Waals surface area contributed by atoms with E-state index in [0.717, 1.165) is 19.5 Å². The molecule has 0 aromatic rings. The predicted octanol–water partition coefficient (Wildman–Crippen LogP) is -3.63. The molecule has 1 rings (SSSR count). The van der Waals surface area contributed by atoms with Gasteiger partial charge in [-0.3, -0.25) is 0 Å². The molecular formula is C10H22N2O5. The van der Waals surface area contributed by atoms with E-state index < -0.39 is 31.0 Å². The van der Waals surface area contributed by atoms with Crippen LogP contribution in [-0.2, 0) is 0 Å². The lowest BCUT2D eigenvalue weighted by molar-refractivity contribution is -0.114. The van der Waals surface area contributed by atoms with Gasteiger partial charge in [-0.1, -0.05) is 0 Å². The fourth-order valence-electron chi connectivity index (χ4n) is 1.80. The van der Waals surface area contributed by atoms with Crippen LogP contribution < -0.4 is 10.6 Å². The van der Waals surface area contributed by atoms with Gasteiger partial charge in [-0.2, -0.15) is 0 Å². The summed E-state index contributed by atoms with van der Waals surface area (Å²) in [5, 5.41) is 52.5. The minimum Gasteiger partial charge on any atom is -0.394 e. The van der Waals surface area contributed by atoms with Crippen molar-refractivity contribution in [1.29, 1.82) is 0 Å². The fraction of sp³-hybridized carbons (Fsp3) is 1.00. The lowest BCUT2D eigenvalue weighted by atomic mass is 10.0. The van der Waals surface area contributed by atoms with Crippen LogP contribution in [0.1, 0.15) is 6.42 Å². The molecule has 0 bridgehead atoms. The summed E-state index contributed by atoms with van der Waals surface area (Å²) in [7, 11) is 0. The maximum absolute atomic E-state index is 9.61. The molecule has 1 aliphatic heterocycles. The number of aliphatic hydroxyl groups excluding tert-OH is 5. The minimum atomic E-state index is -1.56. The lowest BCUT2D eigenvalue weighted by Gasteiger charge is -2.26. The molecule has 0 saturated carbocycles. The average molecular weight is 250 g/mol. The van der Waals surface area contributed by atoms with E-state index in [1.54, 1.807) is 0 Å². The van der Waals surface area contributed by atoms with Gasteiger partial charge in [0.15, 0.2) is 0 Å². The summed E-state index contributed by atoms with van der Waals surface area (Å²) < 4.78 is 0. The first-order chi connectivity index (χ1) is 8.06. The molecule has 0 aromatic heterocycles. The topological polar surface area (TPSA) is 125 Å². The highest BCUT2D eigenvalue weighted by molar-refractivity contribution is 4.84. The van der Waals surface area contributed by atoms with E-state index in [9.17, 15) is 15.3 Å². The van der Waals surface area contributed by atoms with Crippen LogP contribution in [0, 0.1) is 0 Å². The molecule has 7 N–H and O–H groups in total. The quantitative estimate of drug-likeness (QED) is 0.249. The highest BCUT2D eigenvalue weighted by Crippen LogP contribution is 2.05. The third kappa shape index (κ3) is 4.47. The summed E-state index contributed by atoms with van der Waals surface area (Å²) in [6.45, 7) is 1.19. The smallest absolute Gasteiger partial charge is 0.111 e. The van der Waals surface area contributed by atoms with Crippen molar-refractivity contribution in [1.82, 2.24) is 10.6 Å². The Morgan fingerprint density at radius 2 is 1.76 bits per heavy atom. The van der Waals surface area contributed by atoms with Crippen LogP contribution in [0.3, 0.4) is 0 Å². The molecule has 0 radical (unpaired) electrons. The molecule has 1 fully saturated rings. The van der Waals surface area contributed by atoms with Crippen molar-refractivity contribution in [2.24, 2.45) is 0 Å². The Balaban J connectivity index is 2.27. The van der Waals surface area contributed by atoms with Crippen LogP contribution in [0.4, 0.5) is 0 Å². The van der Waals surface area contributed by atoms with Crippen molar-refractivity contribution in [3.8, 4) is 0 Å². The van der Waals surface area contributed by atoms with Gasteiger partial charge in [0.1, 0.15) is 18.3 Å². The van der Waals surface area contributed by atoms with Gasteiger partial charge in [-0.15, -0.1) is 0 Å². The maximum Gasteiger partial charge on any atom is 0.111 e. The van der Waals surface area contributed by atoms with E-state index in [1.165, 1.54) is 0 Å². The summed E-state index contributed by atoms with van der Waals surface area (Å²) in [5.41, 5.74) is 0. The highest BCUT2D eigenvalue weighted by Gasteiger charge is 2.30. The van der Waals surface area contributed by atoms with Crippen LogP contribution in [-0.4, -0.2) is 82.2 Å². The van der Waals surface area contributed by atoms with Crippen LogP contribution in [0.25, 0.3) is 0 Å². The Morgan fingerprint density at radius 3 is 2.29 bits per heavy atom. The third-order valence-corrected chi connectivity index (χ3v) is 3.00. The largest absolute Gasteiger partial charge is 0.394 e. The van der Waals surface area contributed by atoms with Crippen LogP contribution in [0.5, 0.6) is 0 Å². The molecule has 17 heavy (non-hydrogen) atoms. The second-order valence-corrected chi connectivity index (χ2v) is 4.40. The standard InChI is InChI=1S/C10H22N2O5/c13-5-8(15)10(17)9(16)7(14)4-12-6-1-2-11-3-6/h6-17H,1-5H2/t6?,7-,8-,9-,10-/m0/s1. The molecule has 7 heteroatoms. The molecule has 0 aliphatic carbocycles. The van der Waals surface area contributed by atoms with E-state index in [4.69, 9.17) is 10.2 Å². The Hall–Kier alpha value is -0.280. The molecule has 0 aromatic carbocycles. The molecule has 1 unspecified atom stereocenters. The van der Waals surface area contributed by atoms with Gasteiger partial charge in [-0.25, -0.2) is 0 Å². The van der Waals surface area contributed by atoms with Crippen LogP contribution >= 0.6 is 0 Å². The normalized spacial score (nSPS) is 27.7.